The van der Waals surface area contributed by atoms with Crippen molar-refractivity contribution in [3.8, 4) is 16.9 Å². The van der Waals surface area contributed by atoms with Crippen molar-refractivity contribution in [2.45, 2.75) is 26.2 Å². The molecule has 0 radical (unpaired) electrons. The van der Waals surface area contributed by atoms with Crippen molar-refractivity contribution in [2.75, 3.05) is 0 Å². The number of benzene rings is 3. The zero-order valence-electron chi connectivity index (χ0n) is 16.3. The summed E-state index contributed by atoms with van der Waals surface area (Å²) in [5, 5.41) is 30.5. The molecule has 0 bridgehead atoms. The van der Waals surface area contributed by atoms with Crippen LogP contribution in [0.5, 0.6) is 5.75 Å². The molecule has 148 valence electrons. The number of aromatic hydroxyl groups is 1. The molecule has 0 spiro atoms. The molecule has 6 nitrogen and oxygen atoms in total. The fourth-order valence-electron chi connectivity index (χ4n) is 2.80. The number of hydrogen-bond acceptors (Lipinski definition) is 5. The highest BCUT2D eigenvalue weighted by atomic mass is 35.5. The maximum Gasteiger partial charge on any atom is 0.298 e. The van der Waals surface area contributed by atoms with Gasteiger partial charge in [-0.05, 0) is 40.8 Å². The lowest BCUT2D eigenvalue weighted by Crippen LogP contribution is -2.11. The Hall–Kier alpha value is -3.25. The van der Waals surface area contributed by atoms with Gasteiger partial charge >= 0.3 is 0 Å². The Morgan fingerprint density at radius 2 is 1.62 bits per heavy atom. The number of phenolic OH excluding ortho intramolecular Hbond substituents is 1. The first-order chi connectivity index (χ1) is 13.7. The van der Waals surface area contributed by atoms with Crippen molar-refractivity contribution in [3.05, 3.63) is 81.4 Å². The molecule has 7 heteroatoms. The molecule has 0 aliphatic heterocycles. The molecule has 0 amide bonds. The third-order valence-electron chi connectivity index (χ3n) is 4.44. The van der Waals surface area contributed by atoms with E-state index in [1.54, 1.807) is 6.07 Å². The zero-order chi connectivity index (χ0) is 21.2. The minimum atomic E-state index is -0.568. The molecule has 1 N–H and O–H groups in total. The Labute approximate surface area is 173 Å². The monoisotopic (exact) mass is 409 g/mol. The highest BCUT2D eigenvalue weighted by molar-refractivity contribution is 6.30. The van der Waals surface area contributed by atoms with E-state index >= 15 is 0 Å². The molecule has 0 aliphatic carbocycles. The van der Waals surface area contributed by atoms with Crippen LogP contribution in [0.3, 0.4) is 0 Å². The van der Waals surface area contributed by atoms with E-state index in [-0.39, 0.29) is 33.2 Å². The summed E-state index contributed by atoms with van der Waals surface area (Å²) in [5.41, 5.74) is 2.25. The fraction of sp³-hybridized carbons (Fsp3) is 0.182. The van der Waals surface area contributed by atoms with Crippen LogP contribution in [0.1, 0.15) is 26.3 Å². The normalized spacial score (nSPS) is 11.7. The zero-order valence-corrected chi connectivity index (χ0v) is 17.0. The van der Waals surface area contributed by atoms with E-state index in [2.05, 4.69) is 31.0 Å². The van der Waals surface area contributed by atoms with E-state index < -0.39 is 4.92 Å². The minimum Gasteiger partial charge on any atom is -0.505 e. The van der Waals surface area contributed by atoms with Crippen LogP contribution < -0.4 is 0 Å². The number of nitro benzene ring substituents is 1. The predicted molar refractivity (Wildman–Crippen MR) is 115 cm³/mol. The average molecular weight is 410 g/mol. The van der Waals surface area contributed by atoms with Crippen LogP contribution in [0.2, 0.25) is 5.02 Å². The van der Waals surface area contributed by atoms with Crippen molar-refractivity contribution >= 4 is 28.7 Å². The van der Waals surface area contributed by atoms with E-state index in [0.717, 1.165) is 11.1 Å². The van der Waals surface area contributed by atoms with Gasteiger partial charge < -0.3 is 5.11 Å². The Kier molecular flexibility index (Phi) is 5.66. The van der Waals surface area contributed by atoms with E-state index in [1.807, 2.05) is 36.4 Å². The van der Waals surface area contributed by atoms with Crippen LogP contribution in [0.25, 0.3) is 11.1 Å². The topological polar surface area (TPSA) is 88.1 Å². The SMILES string of the molecule is CC(C)(C)c1cc(N=Nc2ccc(Cl)cc2[N+](=O)[O-])c(O)c(-c2ccccc2)c1. The molecule has 0 saturated carbocycles. The summed E-state index contributed by atoms with van der Waals surface area (Å²) >= 11 is 5.85. The second-order valence-corrected chi connectivity index (χ2v) is 8.03. The number of azo groups is 1. The number of rotatable bonds is 4. The summed E-state index contributed by atoms with van der Waals surface area (Å²) in [5.74, 6) is -0.0374. The largest absolute Gasteiger partial charge is 0.505 e. The molecule has 3 aromatic rings. The van der Waals surface area contributed by atoms with Gasteiger partial charge in [-0.15, -0.1) is 10.2 Å². The van der Waals surface area contributed by atoms with E-state index in [4.69, 9.17) is 11.6 Å². The fourth-order valence-corrected chi connectivity index (χ4v) is 2.97. The Balaban J connectivity index is 2.15. The van der Waals surface area contributed by atoms with Crippen molar-refractivity contribution in [2.24, 2.45) is 10.2 Å². The molecule has 0 heterocycles. The Bertz CT molecular complexity index is 1090. The molecule has 0 aromatic heterocycles. The van der Waals surface area contributed by atoms with Gasteiger partial charge in [0.25, 0.3) is 5.69 Å². The quantitative estimate of drug-likeness (QED) is 0.278. The van der Waals surface area contributed by atoms with E-state index in [0.29, 0.717) is 5.56 Å². The molecule has 0 fully saturated rings. The molecule has 0 saturated heterocycles. The average Bonchev–Trinajstić information content (AvgIpc) is 2.67. The lowest BCUT2D eigenvalue weighted by Gasteiger charge is -2.21. The molecule has 0 atom stereocenters. The second kappa shape index (κ2) is 8.01. The summed E-state index contributed by atoms with van der Waals surface area (Å²) in [7, 11) is 0. The molecule has 3 rings (SSSR count). The highest BCUT2D eigenvalue weighted by Crippen LogP contribution is 2.42. The van der Waals surface area contributed by atoms with Gasteiger partial charge in [0.2, 0.25) is 0 Å². The van der Waals surface area contributed by atoms with Gasteiger partial charge in [-0.1, -0.05) is 62.7 Å². The van der Waals surface area contributed by atoms with Gasteiger partial charge in [-0.2, -0.15) is 0 Å². The van der Waals surface area contributed by atoms with Gasteiger partial charge in [-0.3, -0.25) is 10.1 Å². The maximum atomic E-state index is 11.3. The highest BCUT2D eigenvalue weighted by Gasteiger charge is 2.20. The van der Waals surface area contributed by atoms with Crippen LogP contribution >= 0.6 is 11.6 Å². The number of hydrogen-bond donors (Lipinski definition) is 1. The van der Waals surface area contributed by atoms with Gasteiger partial charge in [0.15, 0.2) is 11.4 Å². The van der Waals surface area contributed by atoms with Gasteiger partial charge in [-0.25, -0.2) is 0 Å². The van der Waals surface area contributed by atoms with Crippen LogP contribution in [0.15, 0.2) is 70.9 Å². The van der Waals surface area contributed by atoms with Crippen molar-refractivity contribution in [1.82, 2.24) is 0 Å². The van der Waals surface area contributed by atoms with Crippen molar-refractivity contribution in [1.29, 1.82) is 0 Å². The van der Waals surface area contributed by atoms with E-state index in [1.165, 1.54) is 18.2 Å². The Morgan fingerprint density at radius 3 is 2.24 bits per heavy atom. The maximum absolute atomic E-state index is 11.3. The summed E-state index contributed by atoms with van der Waals surface area (Å²) in [6.45, 7) is 6.16. The summed E-state index contributed by atoms with van der Waals surface area (Å²) < 4.78 is 0. The molecule has 29 heavy (non-hydrogen) atoms. The van der Waals surface area contributed by atoms with Gasteiger partial charge in [0, 0.05) is 16.7 Å². The first kappa shape index (κ1) is 20.5. The summed E-state index contributed by atoms with van der Waals surface area (Å²) in [6.07, 6.45) is 0. The van der Waals surface area contributed by atoms with Crippen molar-refractivity contribution < 1.29 is 10.0 Å². The van der Waals surface area contributed by atoms with Crippen LogP contribution in [-0.2, 0) is 5.41 Å². The number of nitrogens with zero attached hydrogens (tertiary/aromatic N) is 3. The molecular formula is C22H20ClN3O3. The van der Waals surface area contributed by atoms with Gasteiger partial charge in [0.1, 0.15) is 5.69 Å². The standard InChI is InChI=1S/C22H20ClN3O3/c1-22(2,3)15-11-17(14-7-5-4-6-8-14)21(27)19(12-15)25-24-18-10-9-16(23)13-20(18)26(28)29/h4-13,27H,1-3H3. The third kappa shape index (κ3) is 4.60. The predicted octanol–water partition coefficient (Wildman–Crippen LogP) is 7.33. The molecular weight excluding hydrogens is 390 g/mol. The summed E-state index contributed by atoms with van der Waals surface area (Å²) in [6, 6.07) is 17.3. The number of phenols is 1. The van der Waals surface area contributed by atoms with E-state index in [9.17, 15) is 15.2 Å². The second-order valence-electron chi connectivity index (χ2n) is 7.60. The Morgan fingerprint density at radius 1 is 0.966 bits per heavy atom. The van der Waals surface area contributed by atoms with Gasteiger partial charge in [0.05, 0.1) is 4.92 Å². The molecule has 0 unspecified atom stereocenters. The molecule has 0 aliphatic rings. The first-order valence-electron chi connectivity index (χ1n) is 8.95. The van der Waals surface area contributed by atoms with Crippen LogP contribution in [-0.4, -0.2) is 10.0 Å². The lowest BCUT2D eigenvalue weighted by molar-refractivity contribution is -0.384. The molecule has 3 aromatic carbocycles. The number of halogens is 1. The smallest absolute Gasteiger partial charge is 0.298 e. The van der Waals surface area contributed by atoms with Crippen LogP contribution in [0, 0.1) is 10.1 Å². The lowest BCUT2D eigenvalue weighted by atomic mass is 9.84. The summed E-state index contributed by atoms with van der Waals surface area (Å²) in [4.78, 5) is 10.7. The minimum absolute atomic E-state index is 0.0374. The third-order valence-corrected chi connectivity index (χ3v) is 4.68. The van der Waals surface area contributed by atoms with Crippen molar-refractivity contribution in [3.63, 3.8) is 0 Å². The van der Waals surface area contributed by atoms with Crippen LogP contribution in [0.4, 0.5) is 17.1 Å². The number of nitro groups is 1. The first-order valence-corrected chi connectivity index (χ1v) is 9.33.